The molecule has 0 spiro atoms. The molecule has 1 N–H and O–H groups in total. The number of amides is 1. The molecule has 9 heteroatoms. The molecule has 9 nitrogen and oxygen atoms in total. The number of nitrogens with zero attached hydrogens (tertiary/aromatic N) is 6. The Morgan fingerprint density at radius 2 is 1.96 bits per heavy atom. The number of fused-ring (bicyclic) bond motifs is 1. The molecule has 134 valence electrons. The third kappa shape index (κ3) is 3.62. The Hall–Kier alpha value is -3.07. The Labute approximate surface area is 149 Å². The lowest BCUT2D eigenvalue weighted by Gasteiger charge is -2.31. The Morgan fingerprint density at radius 3 is 2.77 bits per heavy atom. The highest BCUT2D eigenvalue weighted by atomic mass is 16.5. The number of hydrogen-bond acceptors (Lipinski definition) is 7. The van der Waals surface area contributed by atoms with E-state index in [0.29, 0.717) is 44.2 Å². The second-order valence-electron chi connectivity index (χ2n) is 6.07. The van der Waals surface area contributed by atoms with Crippen molar-refractivity contribution >= 4 is 17.4 Å². The molecule has 1 atom stereocenters. The minimum absolute atomic E-state index is 0.0377. The first kappa shape index (κ1) is 16.4. The van der Waals surface area contributed by atoms with E-state index in [-0.39, 0.29) is 5.91 Å². The Kier molecular flexibility index (Phi) is 4.69. The van der Waals surface area contributed by atoms with Crippen LogP contribution in [0.15, 0.2) is 42.5 Å². The van der Waals surface area contributed by atoms with Crippen LogP contribution in [0.25, 0.3) is 5.65 Å². The van der Waals surface area contributed by atoms with E-state index >= 15 is 0 Å². The van der Waals surface area contributed by atoms with E-state index in [1.54, 1.807) is 12.1 Å². The maximum Gasteiger partial charge on any atom is 0.245 e. The smallest absolute Gasteiger partial charge is 0.245 e. The molecule has 1 fully saturated rings. The van der Waals surface area contributed by atoms with Gasteiger partial charge in [-0.15, -0.1) is 14.8 Å². The van der Waals surface area contributed by atoms with Crippen molar-refractivity contribution < 1.29 is 9.53 Å². The first-order valence-corrected chi connectivity index (χ1v) is 8.52. The highest BCUT2D eigenvalue weighted by Crippen LogP contribution is 2.13. The number of morpholine rings is 1. The first-order valence-electron chi connectivity index (χ1n) is 8.52. The predicted octanol–water partition coefficient (Wildman–Crippen LogP) is 0.401. The molecule has 1 aliphatic heterocycles. The minimum Gasteiger partial charge on any atom is -0.378 e. The number of anilines is 1. The molecule has 2 aromatic heterocycles. The van der Waals surface area contributed by atoms with Gasteiger partial charge in [0.1, 0.15) is 11.9 Å². The van der Waals surface area contributed by atoms with Crippen LogP contribution >= 0.6 is 0 Å². The van der Waals surface area contributed by atoms with Gasteiger partial charge in [-0.2, -0.15) is 0 Å². The maximum atomic E-state index is 13.1. The summed E-state index contributed by atoms with van der Waals surface area (Å²) >= 11 is 0. The third-order valence-electron chi connectivity index (χ3n) is 4.30. The van der Waals surface area contributed by atoms with E-state index in [0.717, 1.165) is 5.56 Å². The van der Waals surface area contributed by atoms with E-state index < -0.39 is 6.04 Å². The monoisotopic (exact) mass is 353 g/mol. The number of carbonyl (C=O) groups excluding carboxylic acids is 1. The number of rotatable bonds is 5. The summed E-state index contributed by atoms with van der Waals surface area (Å²) in [5.74, 6) is 0.586. The van der Waals surface area contributed by atoms with E-state index in [1.165, 1.54) is 4.63 Å². The van der Waals surface area contributed by atoms with Gasteiger partial charge in [0.25, 0.3) is 0 Å². The van der Waals surface area contributed by atoms with Gasteiger partial charge in [0.2, 0.25) is 5.91 Å². The van der Waals surface area contributed by atoms with Crippen molar-refractivity contribution in [1.82, 2.24) is 30.2 Å². The molecule has 0 aliphatic carbocycles. The van der Waals surface area contributed by atoms with Gasteiger partial charge >= 0.3 is 0 Å². The number of hydrogen-bond donors (Lipinski definition) is 1. The van der Waals surface area contributed by atoms with Crippen molar-refractivity contribution in [3.05, 3.63) is 48.0 Å². The highest BCUT2D eigenvalue weighted by Gasteiger charge is 2.26. The molecule has 26 heavy (non-hydrogen) atoms. The topological polar surface area (TPSA) is 97.5 Å². The average Bonchev–Trinajstić information content (AvgIpc) is 3.16. The number of nitrogens with one attached hydrogen (secondary N) is 1. The van der Waals surface area contributed by atoms with Gasteiger partial charge in [0.05, 0.1) is 13.2 Å². The largest absolute Gasteiger partial charge is 0.378 e. The molecule has 1 aliphatic rings. The zero-order valence-electron chi connectivity index (χ0n) is 14.2. The summed E-state index contributed by atoms with van der Waals surface area (Å²) in [4.78, 5) is 14.9. The van der Waals surface area contributed by atoms with E-state index in [1.807, 2.05) is 35.2 Å². The summed E-state index contributed by atoms with van der Waals surface area (Å²) in [6, 6.07) is 13.0. The van der Waals surface area contributed by atoms with Gasteiger partial charge < -0.3 is 15.0 Å². The fourth-order valence-electron chi connectivity index (χ4n) is 2.96. The van der Waals surface area contributed by atoms with Crippen LogP contribution in [0, 0.1) is 0 Å². The van der Waals surface area contributed by atoms with Gasteiger partial charge in [-0.05, 0) is 28.1 Å². The molecule has 1 amide bonds. The van der Waals surface area contributed by atoms with Crippen LogP contribution in [0.5, 0.6) is 0 Å². The van der Waals surface area contributed by atoms with Gasteiger partial charge in [-0.25, -0.2) is 0 Å². The molecule has 1 saturated heterocycles. The van der Waals surface area contributed by atoms with Crippen molar-refractivity contribution in [1.29, 1.82) is 0 Å². The average molecular weight is 353 g/mol. The van der Waals surface area contributed by atoms with Crippen molar-refractivity contribution in [2.75, 3.05) is 31.6 Å². The molecule has 1 unspecified atom stereocenters. The van der Waals surface area contributed by atoms with Crippen LogP contribution in [-0.4, -0.2) is 68.4 Å². The van der Waals surface area contributed by atoms with Crippen LogP contribution in [0.2, 0.25) is 0 Å². The Bertz CT molecular complexity index is 877. The lowest BCUT2D eigenvalue weighted by Crippen LogP contribution is -2.48. The molecule has 3 aromatic rings. The number of benzene rings is 1. The SMILES string of the molecule is O=C(C(Cc1ccccc1)Nc1ccc2nnnn2n1)N1CCOCC1. The molecule has 1 aromatic carbocycles. The Morgan fingerprint density at radius 1 is 1.15 bits per heavy atom. The van der Waals surface area contributed by atoms with Crippen LogP contribution in [0.4, 0.5) is 5.82 Å². The van der Waals surface area contributed by atoms with Crippen LogP contribution in [0.1, 0.15) is 5.56 Å². The zero-order chi connectivity index (χ0) is 17.8. The molecular formula is C17H19N7O2. The molecule has 4 rings (SSSR count). The van der Waals surface area contributed by atoms with Crippen LogP contribution in [0.3, 0.4) is 0 Å². The lowest BCUT2D eigenvalue weighted by atomic mass is 10.0. The molecular weight excluding hydrogens is 334 g/mol. The predicted molar refractivity (Wildman–Crippen MR) is 93.5 cm³/mol. The molecule has 0 radical (unpaired) electrons. The third-order valence-corrected chi connectivity index (χ3v) is 4.30. The fourth-order valence-corrected chi connectivity index (χ4v) is 2.96. The summed E-state index contributed by atoms with van der Waals surface area (Å²) in [5.41, 5.74) is 1.63. The van der Waals surface area contributed by atoms with E-state index in [2.05, 4.69) is 25.9 Å². The van der Waals surface area contributed by atoms with E-state index in [4.69, 9.17) is 4.74 Å². The normalized spacial score (nSPS) is 15.8. The van der Waals surface area contributed by atoms with Gasteiger partial charge in [-0.3, -0.25) is 4.79 Å². The maximum absolute atomic E-state index is 13.1. The summed E-state index contributed by atoms with van der Waals surface area (Å²) in [7, 11) is 0. The second kappa shape index (κ2) is 7.44. The standard InChI is InChI=1S/C17H19N7O2/c25-17(23-8-10-26-11-9-23)14(12-13-4-2-1-3-5-13)18-15-6-7-16-19-21-22-24(16)20-15/h1-7,14H,8-12H2,(H,18,20). The van der Waals surface area contributed by atoms with E-state index in [9.17, 15) is 4.79 Å². The summed E-state index contributed by atoms with van der Waals surface area (Å²) in [6.45, 7) is 2.34. The number of tetrazole rings is 1. The number of aromatic nitrogens is 5. The first-order chi connectivity index (χ1) is 12.8. The number of carbonyl (C=O) groups is 1. The van der Waals surface area contributed by atoms with Gasteiger partial charge in [-0.1, -0.05) is 30.3 Å². The second-order valence-corrected chi connectivity index (χ2v) is 6.07. The molecule has 0 bridgehead atoms. The van der Waals surface area contributed by atoms with Crippen LogP contribution < -0.4 is 5.32 Å². The lowest BCUT2D eigenvalue weighted by molar-refractivity contribution is -0.136. The zero-order valence-corrected chi connectivity index (χ0v) is 14.2. The molecule has 0 saturated carbocycles. The van der Waals surface area contributed by atoms with Crippen molar-refractivity contribution in [3.63, 3.8) is 0 Å². The minimum atomic E-state index is -0.433. The quantitative estimate of drug-likeness (QED) is 0.709. The van der Waals surface area contributed by atoms with Crippen LogP contribution in [-0.2, 0) is 16.0 Å². The summed E-state index contributed by atoms with van der Waals surface area (Å²) in [5, 5.41) is 18.8. The van der Waals surface area contributed by atoms with Crippen molar-refractivity contribution in [3.8, 4) is 0 Å². The van der Waals surface area contributed by atoms with Crippen molar-refractivity contribution in [2.24, 2.45) is 0 Å². The highest BCUT2D eigenvalue weighted by molar-refractivity contribution is 5.85. The molecule has 3 heterocycles. The van der Waals surface area contributed by atoms with Crippen molar-refractivity contribution in [2.45, 2.75) is 12.5 Å². The van der Waals surface area contributed by atoms with Gasteiger partial charge in [0.15, 0.2) is 5.65 Å². The fraction of sp³-hybridized carbons (Fsp3) is 0.353. The van der Waals surface area contributed by atoms with Gasteiger partial charge in [0, 0.05) is 19.5 Å². The summed E-state index contributed by atoms with van der Waals surface area (Å²) < 4.78 is 6.69. The Balaban J connectivity index is 1.57. The summed E-state index contributed by atoms with van der Waals surface area (Å²) in [6.07, 6.45) is 0.562. The number of ether oxygens (including phenoxy) is 1.